The lowest BCUT2D eigenvalue weighted by Gasteiger charge is -2.10. The van der Waals surface area contributed by atoms with Gasteiger partial charge in [-0.2, -0.15) is 0 Å². The predicted octanol–water partition coefficient (Wildman–Crippen LogP) is 4.17. The van der Waals surface area contributed by atoms with Gasteiger partial charge in [-0.1, -0.05) is 23.2 Å². The molecule has 1 amide bonds. The van der Waals surface area contributed by atoms with E-state index in [0.717, 1.165) is 22.7 Å². The van der Waals surface area contributed by atoms with Crippen LogP contribution in [0.4, 0.5) is 4.79 Å². The lowest BCUT2D eigenvalue weighted by Crippen LogP contribution is -2.26. The summed E-state index contributed by atoms with van der Waals surface area (Å²) in [5.74, 6) is 0. The second-order valence-corrected chi connectivity index (χ2v) is 7.44. The molecule has 0 unspecified atom stereocenters. The number of halogens is 2. The van der Waals surface area contributed by atoms with E-state index in [1.54, 1.807) is 16.2 Å². The van der Waals surface area contributed by atoms with E-state index < -0.39 is 0 Å². The molecular formula is C12H10Cl2N2O2S2. The summed E-state index contributed by atoms with van der Waals surface area (Å²) in [6.45, 7) is 1.76. The van der Waals surface area contributed by atoms with Crippen molar-refractivity contribution in [3.63, 3.8) is 0 Å². The predicted molar refractivity (Wildman–Crippen MR) is 82.1 cm³/mol. The second-order valence-electron chi connectivity index (χ2n) is 4.22. The number of thiophene rings is 1. The van der Waals surface area contributed by atoms with Crippen molar-refractivity contribution in [2.75, 3.05) is 19.7 Å². The number of hydrogen-bond donors (Lipinski definition) is 0. The molecule has 20 heavy (non-hydrogen) atoms. The molecule has 2 aromatic heterocycles. The van der Waals surface area contributed by atoms with E-state index in [-0.39, 0.29) is 6.09 Å². The molecule has 0 aliphatic carbocycles. The Morgan fingerprint density at radius 1 is 1.45 bits per heavy atom. The molecule has 1 fully saturated rings. The number of carbonyl (C=O) groups excluding carboxylic acids is 1. The number of nitrogens with zero attached hydrogens (tertiary/aromatic N) is 2. The van der Waals surface area contributed by atoms with Gasteiger partial charge in [-0.25, -0.2) is 9.78 Å². The summed E-state index contributed by atoms with van der Waals surface area (Å²) in [5.41, 5.74) is 1.70. The largest absolute Gasteiger partial charge is 0.448 e. The third kappa shape index (κ3) is 2.93. The molecule has 1 aliphatic rings. The number of rotatable bonds is 4. The van der Waals surface area contributed by atoms with Crippen LogP contribution in [-0.4, -0.2) is 35.7 Å². The highest BCUT2D eigenvalue weighted by molar-refractivity contribution is 7.20. The second kappa shape index (κ2) is 5.89. The van der Waals surface area contributed by atoms with E-state index in [0.29, 0.717) is 28.4 Å². The van der Waals surface area contributed by atoms with Crippen LogP contribution in [-0.2, 0) is 11.2 Å². The van der Waals surface area contributed by atoms with E-state index in [2.05, 4.69) is 4.98 Å². The summed E-state index contributed by atoms with van der Waals surface area (Å²) in [7, 11) is 0. The van der Waals surface area contributed by atoms with E-state index in [1.165, 1.54) is 11.3 Å². The summed E-state index contributed by atoms with van der Waals surface area (Å²) in [5, 5.41) is 2.93. The third-order valence-electron chi connectivity index (χ3n) is 2.92. The van der Waals surface area contributed by atoms with Crippen LogP contribution < -0.4 is 0 Å². The third-order valence-corrected chi connectivity index (χ3v) is 5.32. The molecule has 0 N–H and O–H groups in total. The molecule has 106 valence electrons. The Morgan fingerprint density at radius 2 is 2.30 bits per heavy atom. The summed E-state index contributed by atoms with van der Waals surface area (Å²) in [6, 6.07) is 1.82. The number of cyclic esters (lactones) is 1. The Labute approximate surface area is 133 Å². The molecule has 8 heteroatoms. The zero-order valence-electron chi connectivity index (χ0n) is 10.3. The van der Waals surface area contributed by atoms with Gasteiger partial charge < -0.3 is 9.64 Å². The Kier molecular flexibility index (Phi) is 4.16. The first kappa shape index (κ1) is 14.1. The molecule has 0 radical (unpaired) electrons. The summed E-state index contributed by atoms with van der Waals surface area (Å²) in [4.78, 5) is 17.6. The minimum Gasteiger partial charge on any atom is -0.448 e. The molecule has 0 aromatic carbocycles. The van der Waals surface area contributed by atoms with Crippen molar-refractivity contribution in [1.29, 1.82) is 0 Å². The van der Waals surface area contributed by atoms with Crippen LogP contribution in [0.25, 0.3) is 11.3 Å². The van der Waals surface area contributed by atoms with Crippen LogP contribution in [0, 0.1) is 0 Å². The van der Waals surface area contributed by atoms with Crippen LogP contribution >= 0.6 is 45.9 Å². The van der Waals surface area contributed by atoms with Crippen LogP contribution in [0.5, 0.6) is 0 Å². The van der Waals surface area contributed by atoms with Gasteiger partial charge in [0.1, 0.15) is 10.9 Å². The van der Waals surface area contributed by atoms with E-state index in [4.69, 9.17) is 27.9 Å². The Balaban J connectivity index is 1.68. The molecule has 1 saturated heterocycles. The number of amides is 1. The zero-order chi connectivity index (χ0) is 14.1. The minimum atomic E-state index is -0.241. The highest BCUT2D eigenvalue weighted by atomic mass is 35.5. The number of aromatic nitrogens is 1. The van der Waals surface area contributed by atoms with Gasteiger partial charge in [0.25, 0.3) is 0 Å². The maximum Gasteiger partial charge on any atom is 0.409 e. The van der Waals surface area contributed by atoms with Gasteiger partial charge in [0.15, 0.2) is 0 Å². The fourth-order valence-corrected chi connectivity index (χ4v) is 4.19. The zero-order valence-corrected chi connectivity index (χ0v) is 13.4. The van der Waals surface area contributed by atoms with E-state index in [9.17, 15) is 4.79 Å². The van der Waals surface area contributed by atoms with Crippen molar-refractivity contribution in [3.8, 4) is 11.3 Å². The van der Waals surface area contributed by atoms with Gasteiger partial charge in [-0.3, -0.25) is 0 Å². The monoisotopic (exact) mass is 348 g/mol. The van der Waals surface area contributed by atoms with Crippen molar-refractivity contribution in [3.05, 3.63) is 25.1 Å². The van der Waals surface area contributed by atoms with E-state index >= 15 is 0 Å². The highest BCUT2D eigenvalue weighted by Gasteiger charge is 2.21. The maximum absolute atomic E-state index is 11.3. The van der Waals surface area contributed by atoms with Crippen LogP contribution in [0.15, 0.2) is 11.4 Å². The molecule has 0 bridgehead atoms. The summed E-state index contributed by atoms with van der Waals surface area (Å²) >= 11 is 14.9. The molecular weight excluding hydrogens is 339 g/mol. The normalized spacial score (nSPS) is 14.9. The SMILES string of the molecule is O=C1OCCN1CCc1nc(-c2cc(Cl)sc2Cl)cs1. The number of hydrogen-bond acceptors (Lipinski definition) is 5. The molecule has 0 atom stereocenters. The molecule has 0 saturated carbocycles. The Hall–Kier alpha value is -0.820. The highest BCUT2D eigenvalue weighted by Crippen LogP contribution is 2.38. The van der Waals surface area contributed by atoms with Gasteiger partial charge in [0, 0.05) is 23.9 Å². The Morgan fingerprint density at radius 3 is 2.95 bits per heavy atom. The molecule has 3 heterocycles. The van der Waals surface area contributed by atoms with E-state index in [1.807, 2.05) is 11.4 Å². The van der Waals surface area contributed by atoms with Gasteiger partial charge in [0.05, 0.1) is 21.6 Å². The molecule has 4 nitrogen and oxygen atoms in total. The molecule has 2 aromatic rings. The standard InChI is InChI=1S/C12H10Cl2N2O2S2/c13-9-5-7(11(14)20-9)8-6-19-10(15-8)1-2-16-3-4-18-12(16)17/h5-6H,1-4H2. The smallest absolute Gasteiger partial charge is 0.409 e. The number of thiazole rings is 1. The molecule has 0 spiro atoms. The van der Waals surface area contributed by atoms with Crippen molar-refractivity contribution < 1.29 is 9.53 Å². The van der Waals surface area contributed by atoms with Crippen molar-refractivity contribution in [2.24, 2.45) is 0 Å². The van der Waals surface area contributed by atoms with Crippen LogP contribution in [0.2, 0.25) is 8.67 Å². The van der Waals surface area contributed by atoms with Crippen molar-refractivity contribution in [2.45, 2.75) is 6.42 Å². The van der Waals surface area contributed by atoms with Gasteiger partial charge >= 0.3 is 6.09 Å². The minimum absolute atomic E-state index is 0.241. The topological polar surface area (TPSA) is 42.4 Å². The fraction of sp³-hybridized carbons (Fsp3) is 0.333. The van der Waals surface area contributed by atoms with Gasteiger partial charge in [-0.15, -0.1) is 22.7 Å². The first-order valence-corrected chi connectivity index (χ1v) is 8.40. The first-order chi connectivity index (χ1) is 9.63. The lowest BCUT2D eigenvalue weighted by molar-refractivity contribution is 0.159. The maximum atomic E-state index is 11.3. The average Bonchev–Trinajstić information content (AvgIpc) is 3.08. The molecule has 3 rings (SSSR count). The van der Waals surface area contributed by atoms with Crippen LogP contribution in [0.1, 0.15) is 5.01 Å². The molecule has 1 aliphatic heterocycles. The van der Waals surface area contributed by atoms with Gasteiger partial charge in [0.2, 0.25) is 0 Å². The van der Waals surface area contributed by atoms with Crippen LogP contribution in [0.3, 0.4) is 0 Å². The lowest BCUT2D eigenvalue weighted by atomic mass is 10.3. The fourth-order valence-electron chi connectivity index (χ4n) is 1.92. The Bertz CT molecular complexity index is 641. The average molecular weight is 349 g/mol. The van der Waals surface area contributed by atoms with Crippen molar-refractivity contribution >= 4 is 52.0 Å². The van der Waals surface area contributed by atoms with Gasteiger partial charge in [-0.05, 0) is 6.07 Å². The summed E-state index contributed by atoms with van der Waals surface area (Å²) in [6.07, 6.45) is 0.476. The van der Waals surface area contributed by atoms with Crippen molar-refractivity contribution in [1.82, 2.24) is 9.88 Å². The quantitative estimate of drug-likeness (QED) is 0.832. The summed E-state index contributed by atoms with van der Waals surface area (Å²) < 4.78 is 6.19. The number of ether oxygens (including phenoxy) is 1. The first-order valence-electron chi connectivity index (χ1n) is 5.95. The number of carbonyl (C=O) groups is 1.